The quantitative estimate of drug-likeness (QED) is 0.509. The SMILES string of the molecule is C=C1O[C@@]2(CCC1N)CCC1C3CCc4cc(O)c([Se]c5ccccc5)cc4C3CCC12C.CC. The van der Waals surface area contributed by atoms with E-state index in [-0.39, 0.29) is 32.0 Å². The van der Waals surface area contributed by atoms with E-state index in [2.05, 4.69) is 56.0 Å². The molecule has 0 aromatic heterocycles. The first kappa shape index (κ1) is 24.9. The van der Waals surface area contributed by atoms with Crippen molar-refractivity contribution < 1.29 is 9.84 Å². The summed E-state index contributed by atoms with van der Waals surface area (Å²) < 4.78 is 9.06. The Labute approximate surface area is 217 Å². The smallest absolute Gasteiger partial charge is 0.0683 e. The number of rotatable bonds is 2. The minimum atomic E-state index is -0.0631. The molecule has 1 heterocycles. The molecule has 0 amide bonds. The number of aryl methyl sites for hydroxylation is 1. The van der Waals surface area contributed by atoms with Gasteiger partial charge in [0, 0.05) is 0 Å². The Morgan fingerprint density at radius 1 is 1.03 bits per heavy atom. The average Bonchev–Trinajstić information content (AvgIpc) is 3.15. The number of ether oxygens (including phenoxy) is 1. The number of hydrogen-bond donors (Lipinski definition) is 2. The zero-order valence-electron chi connectivity index (χ0n) is 21.6. The molecule has 3 N–H and O–H groups in total. The topological polar surface area (TPSA) is 55.5 Å². The van der Waals surface area contributed by atoms with Gasteiger partial charge < -0.3 is 0 Å². The van der Waals surface area contributed by atoms with Crippen molar-refractivity contribution in [3.8, 4) is 5.75 Å². The van der Waals surface area contributed by atoms with Crippen LogP contribution in [0.25, 0.3) is 0 Å². The summed E-state index contributed by atoms with van der Waals surface area (Å²) in [6.07, 6.45) is 9.23. The molecule has 4 heteroatoms. The number of phenols is 1. The minimum absolute atomic E-state index is 0.00578. The summed E-state index contributed by atoms with van der Waals surface area (Å²) in [5.41, 5.74) is 9.29. The van der Waals surface area contributed by atoms with Gasteiger partial charge in [0.2, 0.25) is 0 Å². The van der Waals surface area contributed by atoms with E-state index >= 15 is 0 Å². The van der Waals surface area contributed by atoms with Crippen molar-refractivity contribution in [3.63, 3.8) is 0 Å². The van der Waals surface area contributed by atoms with Gasteiger partial charge >= 0.3 is 204 Å². The number of hydrogen-bond acceptors (Lipinski definition) is 3. The molecule has 3 nitrogen and oxygen atoms in total. The predicted octanol–water partition coefficient (Wildman–Crippen LogP) is 5.32. The zero-order chi connectivity index (χ0) is 24.8. The first-order chi connectivity index (χ1) is 16.9. The third kappa shape index (κ3) is 4.06. The van der Waals surface area contributed by atoms with Gasteiger partial charge in [0.1, 0.15) is 0 Å². The Balaban J connectivity index is 0.00000124. The van der Waals surface area contributed by atoms with Gasteiger partial charge in [0.15, 0.2) is 0 Å². The Kier molecular flexibility index (Phi) is 6.85. The molecule has 188 valence electrons. The summed E-state index contributed by atoms with van der Waals surface area (Å²) in [5.74, 6) is 3.32. The minimum Gasteiger partial charge on any atom is -0.0683 e. The van der Waals surface area contributed by atoms with Gasteiger partial charge in [0.05, 0.1) is 0 Å². The second kappa shape index (κ2) is 9.61. The molecule has 2 aromatic rings. The molecule has 5 unspecified atom stereocenters. The van der Waals surface area contributed by atoms with Crippen molar-refractivity contribution in [2.45, 2.75) is 89.7 Å². The van der Waals surface area contributed by atoms with Crippen molar-refractivity contribution in [1.29, 1.82) is 0 Å². The fraction of sp³-hybridized carbons (Fsp3) is 0.548. The Hall–Kier alpha value is -1.74. The molecule has 6 rings (SSSR count). The van der Waals surface area contributed by atoms with Crippen LogP contribution >= 0.6 is 0 Å². The largest absolute Gasteiger partial charge is 0.0683 e. The average molecular weight is 539 g/mol. The predicted molar refractivity (Wildman–Crippen MR) is 146 cm³/mol. The standard InChI is InChI=1S/C29H35NO2Se.C2H6/c1-18-25(30)12-15-29(32-18)14-11-24-22-9-8-19-16-26(31)27(33-20-6-4-3-5-7-20)17-23(19)21(22)10-13-28(24,29)2;1-2/h3-7,16-17,21-22,24-25,31H,1,8-15,30H2,2H3;1-2H3/t21?,22?,24?,25?,28?,29-;/m1./s1. The van der Waals surface area contributed by atoms with Gasteiger partial charge in [-0.25, -0.2) is 0 Å². The van der Waals surface area contributed by atoms with Crippen LogP contribution in [0.1, 0.15) is 82.8 Å². The van der Waals surface area contributed by atoms with E-state index < -0.39 is 0 Å². The number of benzene rings is 2. The third-order valence-corrected chi connectivity index (χ3v) is 11.9. The molecule has 3 fully saturated rings. The van der Waals surface area contributed by atoms with E-state index in [4.69, 9.17) is 10.5 Å². The van der Waals surface area contributed by atoms with Gasteiger partial charge in [-0.2, -0.15) is 0 Å². The molecular formula is C31H41NO2Se. The van der Waals surface area contributed by atoms with Gasteiger partial charge in [-0.15, -0.1) is 0 Å². The van der Waals surface area contributed by atoms with E-state index in [0.29, 0.717) is 23.5 Å². The van der Waals surface area contributed by atoms with Crippen molar-refractivity contribution >= 4 is 23.9 Å². The molecule has 6 atom stereocenters. The molecule has 35 heavy (non-hydrogen) atoms. The van der Waals surface area contributed by atoms with Crippen LogP contribution < -0.4 is 14.7 Å². The summed E-state index contributed by atoms with van der Waals surface area (Å²) >= 11 is 0.128. The number of phenolic OH excluding ortho intramolecular Hbond substituents is 1. The summed E-state index contributed by atoms with van der Waals surface area (Å²) in [6, 6.07) is 15.1. The molecular weight excluding hydrogens is 497 g/mol. The van der Waals surface area contributed by atoms with E-state index in [1.165, 1.54) is 41.3 Å². The van der Waals surface area contributed by atoms with Crippen LogP contribution in [0.5, 0.6) is 5.75 Å². The van der Waals surface area contributed by atoms with Crippen LogP contribution in [0.2, 0.25) is 0 Å². The zero-order valence-corrected chi connectivity index (χ0v) is 23.3. The molecule has 0 bridgehead atoms. The van der Waals surface area contributed by atoms with Crippen LogP contribution in [0.3, 0.4) is 0 Å². The summed E-state index contributed by atoms with van der Waals surface area (Å²) in [6.45, 7) is 10.7. The second-order valence-corrected chi connectivity index (χ2v) is 13.4. The van der Waals surface area contributed by atoms with Gasteiger partial charge in [-0.1, -0.05) is 13.8 Å². The van der Waals surface area contributed by atoms with Crippen molar-refractivity contribution in [1.82, 2.24) is 0 Å². The second-order valence-electron chi connectivity index (χ2n) is 11.1. The monoisotopic (exact) mass is 539 g/mol. The molecule has 1 aliphatic heterocycles. The van der Waals surface area contributed by atoms with E-state index in [9.17, 15) is 5.11 Å². The Bertz CT molecular complexity index is 1080. The molecule has 2 saturated carbocycles. The van der Waals surface area contributed by atoms with Gasteiger partial charge in [0.25, 0.3) is 0 Å². The van der Waals surface area contributed by atoms with Crippen LogP contribution in [0.4, 0.5) is 0 Å². The normalized spacial score (nSPS) is 35.3. The fourth-order valence-electron chi connectivity index (χ4n) is 7.88. The van der Waals surface area contributed by atoms with Gasteiger partial charge in [-0.3, -0.25) is 0 Å². The maximum Gasteiger partial charge on any atom is -0.0683 e. The Morgan fingerprint density at radius 2 is 1.77 bits per heavy atom. The number of nitrogens with two attached hydrogens (primary N) is 1. The molecule has 1 saturated heterocycles. The third-order valence-electron chi connectivity index (χ3n) is 9.66. The molecule has 2 aromatic carbocycles. The number of aromatic hydroxyl groups is 1. The fourth-order valence-corrected chi connectivity index (χ4v) is 9.76. The molecule has 0 radical (unpaired) electrons. The van der Waals surface area contributed by atoms with Crippen molar-refractivity contribution in [2.75, 3.05) is 0 Å². The molecule has 4 aliphatic rings. The molecule has 3 aliphatic carbocycles. The van der Waals surface area contributed by atoms with Crippen molar-refractivity contribution in [2.24, 2.45) is 23.0 Å². The van der Waals surface area contributed by atoms with E-state index in [1.807, 2.05) is 13.8 Å². The summed E-state index contributed by atoms with van der Waals surface area (Å²) in [4.78, 5) is 0. The maximum atomic E-state index is 10.8. The summed E-state index contributed by atoms with van der Waals surface area (Å²) in [5, 5.41) is 10.8. The maximum absolute atomic E-state index is 10.8. The number of fused-ring (bicyclic) bond motifs is 6. The first-order valence-corrected chi connectivity index (χ1v) is 15.3. The van der Waals surface area contributed by atoms with Crippen molar-refractivity contribution in [3.05, 3.63) is 65.9 Å². The van der Waals surface area contributed by atoms with E-state index in [1.54, 1.807) is 0 Å². The van der Waals surface area contributed by atoms with Crippen LogP contribution in [0, 0.1) is 17.3 Å². The van der Waals surface area contributed by atoms with Crippen LogP contribution in [-0.2, 0) is 11.2 Å². The molecule has 1 spiro atoms. The van der Waals surface area contributed by atoms with E-state index in [0.717, 1.165) is 35.9 Å². The van der Waals surface area contributed by atoms with Gasteiger partial charge in [-0.05, 0) is 0 Å². The first-order valence-electron chi connectivity index (χ1n) is 13.6. The van der Waals surface area contributed by atoms with Crippen LogP contribution in [-0.4, -0.2) is 31.7 Å². The Morgan fingerprint density at radius 3 is 2.51 bits per heavy atom. The van der Waals surface area contributed by atoms with Crippen LogP contribution in [0.15, 0.2) is 54.8 Å². The summed E-state index contributed by atoms with van der Waals surface area (Å²) in [7, 11) is 0.